The van der Waals surface area contributed by atoms with Crippen molar-refractivity contribution in [1.82, 2.24) is 5.32 Å². The normalized spacial score (nSPS) is 42.1. The SMILES string of the molecule is C1=CC2NC3=C(C2C=C1)C(C1CCC(C2=CC4=C(CC2)OC2C=CC=CC42)CC1)CC3. The minimum absolute atomic E-state index is 0.249. The van der Waals surface area contributed by atoms with Crippen LogP contribution < -0.4 is 5.32 Å². The first kappa shape index (κ1) is 18.4. The molecular formula is C29H33NO. The van der Waals surface area contributed by atoms with Crippen molar-refractivity contribution >= 4 is 0 Å². The molecule has 31 heavy (non-hydrogen) atoms. The summed E-state index contributed by atoms with van der Waals surface area (Å²) in [6.45, 7) is 0. The van der Waals surface area contributed by atoms with Crippen molar-refractivity contribution in [1.29, 1.82) is 0 Å². The lowest BCUT2D eigenvalue weighted by atomic mass is 9.68. The maximum atomic E-state index is 6.25. The largest absolute Gasteiger partial charge is 0.489 e. The molecule has 160 valence electrons. The van der Waals surface area contributed by atoms with Crippen molar-refractivity contribution in [2.75, 3.05) is 0 Å². The lowest BCUT2D eigenvalue weighted by molar-refractivity contribution is 0.157. The van der Waals surface area contributed by atoms with Crippen molar-refractivity contribution in [3.05, 3.63) is 82.9 Å². The molecule has 7 aliphatic rings. The van der Waals surface area contributed by atoms with Crippen molar-refractivity contribution in [2.45, 2.75) is 63.5 Å². The topological polar surface area (TPSA) is 21.3 Å². The third-order valence-corrected chi connectivity index (χ3v) is 9.18. The minimum Gasteiger partial charge on any atom is -0.489 e. The van der Waals surface area contributed by atoms with E-state index in [9.17, 15) is 0 Å². The molecule has 5 atom stereocenters. The van der Waals surface area contributed by atoms with Gasteiger partial charge in [-0.05, 0) is 74.3 Å². The summed E-state index contributed by atoms with van der Waals surface area (Å²) in [5.41, 5.74) is 6.59. The Kier molecular flexibility index (Phi) is 4.24. The van der Waals surface area contributed by atoms with E-state index in [0.717, 1.165) is 24.2 Å². The molecule has 2 nitrogen and oxygen atoms in total. The highest BCUT2D eigenvalue weighted by Crippen LogP contribution is 2.51. The Morgan fingerprint density at radius 3 is 2.48 bits per heavy atom. The summed E-state index contributed by atoms with van der Waals surface area (Å²) in [6, 6.07) is 0.533. The minimum atomic E-state index is 0.249. The Balaban J connectivity index is 1.04. The molecule has 0 radical (unpaired) electrons. The second-order valence-electron chi connectivity index (χ2n) is 10.6. The number of hydrogen-bond donors (Lipinski definition) is 1. The van der Waals surface area contributed by atoms with E-state index in [1.807, 2.05) is 0 Å². The first-order valence-electron chi connectivity index (χ1n) is 12.6. The van der Waals surface area contributed by atoms with E-state index in [2.05, 4.69) is 60.0 Å². The smallest absolute Gasteiger partial charge is 0.127 e. The van der Waals surface area contributed by atoms with Crippen LogP contribution in [0.25, 0.3) is 0 Å². The van der Waals surface area contributed by atoms with Gasteiger partial charge in [0.05, 0.1) is 6.04 Å². The first-order valence-corrected chi connectivity index (χ1v) is 12.6. The quantitative estimate of drug-likeness (QED) is 0.577. The number of hydrogen-bond acceptors (Lipinski definition) is 2. The van der Waals surface area contributed by atoms with Crippen molar-refractivity contribution < 1.29 is 4.74 Å². The highest BCUT2D eigenvalue weighted by Gasteiger charge is 2.43. The van der Waals surface area contributed by atoms with Gasteiger partial charge in [-0.25, -0.2) is 0 Å². The summed E-state index contributed by atoms with van der Waals surface area (Å²) in [7, 11) is 0. The standard InChI is InChI=1S/C29H33NO/c1-3-7-25-23(6-1)29-21(14-15-26(29)30-25)19-11-9-18(10-12-19)20-13-16-28-24(17-20)22-5-2-4-8-27(22)31-28/h1-8,17-19,21-23,25,27,30H,9-16H2. The van der Waals surface area contributed by atoms with Crippen LogP contribution in [0.4, 0.5) is 0 Å². The molecular weight excluding hydrogens is 378 g/mol. The van der Waals surface area contributed by atoms with Gasteiger partial charge in [0.15, 0.2) is 0 Å². The van der Waals surface area contributed by atoms with E-state index in [4.69, 9.17) is 4.74 Å². The molecule has 7 rings (SSSR count). The Hall–Kier alpha value is -2.22. The van der Waals surface area contributed by atoms with E-state index < -0.39 is 0 Å². The zero-order valence-corrected chi connectivity index (χ0v) is 18.3. The maximum absolute atomic E-state index is 6.25. The molecule has 5 unspecified atom stereocenters. The molecule has 0 spiro atoms. The van der Waals surface area contributed by atoms with Gasteiger partial charge in [-0.1, -0.05) is 54.2 Å². The fourth-order valence-corrected chi connectivity index (χ4v) is 7.68. The summed E-state index contributed by atoms with van der Waals surface area (Å²) in [5.74, 6) is 4.88. The monoisotopic (exact) mass is 411 g/mol. The molecule has 2 heterocycles. The van der Waals surface area contributed by atoms with Gasteiger partial charge >= 0.3 is 0 Å². The summed E-state index contributed by atoms with van der Waals surface area (Å²) < 4.78 is 6.25. The predicted octanol–water partition coefficient (Wildman–Crippen LogP) is 6.29. The molecule has 1 fully saturated rings. The highest BCUT2D eigenvalue weighted by atomic mass is 16.5. The second-order valence-corrected chi connectivity index (χ2v) is 10.6. The van der Waals surface area contributed by atoms with Crippen LogP contribution in [0.2, 0.25) is 0 Å². The first-order chi connectivity index (χ1) is 15.3. The van der Waals surface area contributed by atoms with Crippen LogP contribution in [0.5, 0.6) is 0 Å². The van der Waals surface area contributed by atoms with Crippen LogP contribution in [-0.4, -0.2) is 12.1 Å². The fraction of sp³-hybridized carbons (Fsp3) is 0.517. The van der Waals surface area contributed by atoms with E-state index in [1.54, 1.807) is 16.8 Å². The maximum Gasteiger partial charge on any atom is 0.127 e. The lowest BCUT2D eigenvalue weighted by Gasteiger charge is -2.36. The van der Waals surface area contributed by atoms with Crippen LogP contribution in [0.1, 0.15) is 51.4 Å². The van der Waals surface area contributed by atoms with Gasteiger partial charge in [-0.3, -0.25) is 0 Å². The number of ether oxygens (including phenoxy) is 1. The van der Waals surface area contributed by atoms with Crippen LogP contribution in [-0.2, 0) is 4.74 Å². The van der Waals surface area contributed by atoms with Gasteiger partial charge in [0, 0.05) is 29.5 Å². The van der Waals surface area contributed by atoms with Gasteiger partial charge in [0.2, 0.25) is 0 Å². The molecule has 0 aromatic heterocycles. The molecule has 0 aromatic carbocycles. The highest BCUT2D eigenvalue weighted by molar-refractivity contribution is 5.43. The van der Waals surface area contributed by atoms with Crippen LogP contribution >= 0.6 is 0 Å². The Morgan fingerprint density at radius 2 is 1.58 bits per heavy atom. The Bertz CT molecular complexity index is 994. The fourth-order valence-electron chi connectivity index (χ4n) is 7.68. The number of rotatable bonds is 2. The van der Waals surface area contributed by atoms with E-state index >= 15 is 0 Å². The lowest BCUT2D eigenvalue weighted by Crippen LogP contribution is -2.30. The predicted molar refractivity (Wildman–Crippen MR) is 125 cm³/mol. The van der Waals surface area contributed by atoms with Gasteiger partial charge in [0.1, 0.15) is 11.9 Å². The summed E-state index contributed by atoms with van der Waals surface area (Å²) in [5, 5.41) is 3.83. The van der Waals surface area contributed by atoms with Crippen molar-refractivity contribution in [3.8, 4) is 0 Å². The Morgan fingerprint density at radius 1 is 0.774 bits per heavy atom. The zero-order chi connectivity index (χ0) is 20.4. The number of allylic oxidation sites excluding steroid dienone is 8. The van der Waals surface area contributed by atoms with Gasteiger partial charge < -0.3 is 10.1 Å². The zero-order valence-electron chi connectivity index (χ0n) is 18.3. The molecule has 0 saturated heterocycles. The van der Waals surface area contributed by atoms with E-state index in [1.165, 1.54) is 56.3 Å². The molecule has 5 aliphatic carbocycles. The summed E-state index contributed by atoms with van der Waals surface area (Å²) >= 11 is 0. The summed E-state index contributed by atoms with van der Waals surface area (Å²) in [6.07, 6.45) is 31.6. The Labute approximate surface area is 186 Å². The summed E-state index contributed by atoms with van der Waals surface area (Å²) in [4.78, 5) is 0. The third-order valence-electron chi connectivity index (χ3n) is 9.18. The van der Waals surface area contributed by atoms with E-state index in [0.29, 0.717) is 17.9 Å². The van der Waals surface area contributed by atoms with Crippen LogP contribution in [0, 0.1) is 29.6 Å². The van der Waals surface area contributed by atoms with Crippen LogP contribution in [0.15, 0.2) is 82.9 Å². The average Bonchev–Trinajstić information content (AvgIpc) is 3.50. The molecule has 0 bridgehead atoms. The molecule has 1 N–H and O–H groups in total. The van der Waals surface area contributed by atoms with E-state index in [-0.39, 0.29) is 6.10 Å². The van der Waals surface area contributed by atoms with Crippen molar-refractivity contribution in [3.63, 3.8) is 0 Å². The van der Waals surface area contributed by atoms with Gasteiger partial charge in [-0.2, -0.15) is 0 Å². The van der Waals surface area contributed by atoms with Crippen LogP contribution in [0.3, 0.4) is 0 Å². The molecule has 0 aromatic rings. The molecule has 2 heteroatoms. The van der Waals surface area contributed by atoms with Gasteiger partial charge in [-0.15, -0.1) is 0 Å². The second kappa shape index (κ2) is 7.15. The third kappa shape index (κ3) is 2.90. The van der Waals surface area contributed by atoms with Gasteiger partial charge in [0.25, 0.3) is 0 Å². The molecule has 2 aliphatic heterocycles. The molecule has 1 saturated carbocycles. The average molecular weight is 412 g/mol. The molecule has 0 amide bonds. The number of nitrogens with one attached hydrogen (secondary N) is 1. The van der Waals surface area contributed by atoms with Crippen molar-refractivity contribution in [2.24, 2.45) is 29.6 Å². The number of fused-ring (bicyclic) bond motifs is 4.